The first kappa shape index (κ1) is 54.7. The van der Waals surface area contributed by atoms with E-state index in [1.54, 1.807) is 7.05 Å². The number of carbonyl (C=O) groups excluding carboxylic acids is 2. The Bertz CT molecular complexity index is 1490. The highest BCUT2D eigenvalue weighted by Crippen LogP contribution is 2.43. The Labute approximate surface area is 370 Å². The molecule has 2 atom stereocenters. The van der Waals surface area contributed by atoms with Gasteiger partial charge in [-0.2, -0.15) is 0 Å². The second kappa shape index (κ2) is 34.0. The van der Waals surface area contributed by atoms with Crippen molar-refractivity contribution in [2.75, 3.05) is 33.4 Å². The van der Waals surface area contributed by atoms with Gasteiger partial charge in [-0.3, -0.25) is 18.6 Å². The number of unbranched alkanes of at least 4 members (excludes halogenated alkanes) is 18. The monoisotopic (exact) mass is 880 g/mol. The number of phosphoric ester groups is 1. The minimum absolute atomic E-state index is 0.0281. The van der Waals surface area contributed by atoms with Gasteiger partial charge in [-0.1, -0.05) is 117 Å². The molecule has 2 aromatic rings. The van der Waals surface area contributed by atoms with E-state index < -0.39 is 32.5 Å². The van der Waals surface area contributed by atoms with Crippen LogP contribution in [0.15, 0.2) is 14.9 Å². The van der Waals surface area contributed by atoms with Crippen LogP contribution >= 0.6 is 7.82 Å². The lowest BCUT2D eigenvalue weighted by Crippen LogP contribution is -2.29. The van der Waals surface area contributed by atoms with E-state index in [1.165, 1.54) is 99.5 Å². The number of nitrogens with one attached hydrogen (secondary N) is 1. The van der Waals surface area contributed by atoms with Crippen LogP contribution in [-0.2, 0) is 58.4 Å². The summed E-state index contributed by atoms with van der Waals surface area (Å²) in [6.07, 6.45) is 27.8. The number of phosphoric acid groups is 1. The normalized spacial score (nSPS) is 13.1. The van der Waals surface area contributed by atoms with Crippen LogP contribution in [0.2, 0.25) is 0 Å². The highest BCUT2D eigenvalue weighted by Gasteiger charge is 2.26. The molecule has 2 heterocycles. The predicted molar refractivity (Wildman–Crippen MR) is 245 cm³/mol. The van der Waals surface area contributed by atoms with E-state index in [2.05, 4.69) is 46.0 Å². The molecule has 0 aliphatic carbocycles. The van der Waals surface area contributed by atoms with Crippen molar-refractivity contribution in [2.45, 2.75) is 221 Å². The number of hydrogen-bond acceptors (Lipinski definition) is 10. The van der Waals surface area contributed by atoms with Gasteiger partial charge in [-0.05, 0) is 89.1 Å². The molecule has 0 bridgehead atoms. The summed E-state index contributed by atoms with van der Waals surface area (Å²) in [6, 6.07) is 2.21. The minimum Gasteiger partial charge on any atom is -0.466 e. The number of rotatable bonds is 40. The first-order valence-electron chi connectivity index (χ1n) is 24.3. The van der Waals surface area contributed by atoms with Crippen LogP contribution in [-0.4, -0.2) is 56.3 Å². The molecule has 0 saturated heterocycles. The van der Waals surface area contributed by atoms with Crippen molar-refractivity contribution in [1.82, 2.24) is 5.32 Å². The second-order valence-electron chi connectivity index (χ2n) is 17.1. The summed E-state index contributed by atoms with van der Waals surface area (Å²) in [5, 5.41) is 2.83. The molecule has 352 valence electrons. The molecule has 11 nitrogen and oxygen atoms in total. The van der Waals surface area contributed by atoms with E-state index >= 15 is 0 Å². The summed E-state index contributed by atoms with van der Waals surface area (Å²) >= 11 is 0. The molecule has 12 heteroatoms. The molecule has 61 heavy (non-hydrogen) atoms. The number of esters is 2. The Balaban J connectivity index is 1.59. The van der Waals surface area contributed by atoms with Crippen molar-refractivity contribution in [3.63, 3.8) is 0 Å². The van der Waals surface area contributed by atoms with Gasteiger partial charge in [0.25, 0.3) is 0 Å². The fourth-order valence-corrected chi connectivity index (χ4v) is 8.32. The summed E-state index contributed by atoms with van der Waals surface area (Å²) in [4.78, 5) is 35.4. The maximum absolute atomic E-state index is 12.7. The van der Waals surface area contributed by atoms with Crippen molar-refractivity contribution in [1.29, 1.82) is 0 Å². The highest BCUT2D eigenvalue weighted by molar-refractivity contribution is 7.47. The van der Waals surface area contributed by atoms with Crippen LogP contribution in [0.1, 0.15) is 208 Å². The van der Waals surface area contributed by atoms with Gasteiger partial charge in [-0.25, -0.2) is 4.57 Å². The number of carbonyl (C=O) groups is 2. The Hall–Kier alpha value is -2.43. The Morgan fingerprint density at radius 3 is 1.64 bits per heavy atom. The lowest BCUT2D eigenvalue weighted by Gasteiger charge is -2.20. The summed E-state index contributed by atoms with van der Waals surface area (Å²) in [5.74, 6) is 3.77. The highest BCUT2D eigenvalue weighted by atomic mass is 31.2. The molecule has 0 spiro atoms. The van der Waals surface area contributed by atoms with Gasteiger partial charge < -0.3 is 28.5 Å². The van der Waals surface area contributed by atoms with E-state index in [1.807, 2.05) is 0 Å². The first-order chi connectivity index (χ1) is 29.5. The summed E-state index contributed by atoms with van der Waals surface area (Å²) in [7, 11) is -2.68. The quantitative estimate of drug-likeness (QED) is 0.0374. The molecule has 0 amide bonds. The molecule has 1 unspecified atom stereocenters. The molecule has 0 saturated carbocycles. The molecular formula is C49H86NO10P. The van der Waals surface area contributed by atoms with E-state index in [0.717, 1.165) is 94.3 Å². The van der Waals surface area contributed by atoms with Crippen molar-refractivity contribution in [3.05, 3.63) is 45.8 Å². The standard InChI is InChI=1S/C49H86NO10P/c1-7-9-23-29-43-37-40(3)45(58-43)30-25-19-15-11-14-18-22-28-34-49(52)59-44(39-57-61(53,54)56-36-35-50-6)38-55-48(51)33-27-21-17-13-12-16-20-26-32-47-42(5)41(4)46(60-47)31-24-10-8-2/h37,44,50H,7-36,38-39H2,1-6H3,(H,53,54)/t44-/m1/s1. The fraction of sp³-hybridized carbons (Fsp3) is 0.796. The number of ether oxygens (including phenoxy) is 2. The Morgan fingerprint density at radius 1 is 0.623 bits per heavy atom. The van der Waals surface area contributed by atoms with Gasteiger partial charge in [0.2, 0.25) is 0 Å². The van der Waals surface area contributed by atoms with Crippen LogP contribution in [0, 0.1) is 20.8 Å². The van der Waals surface area contributed by atoms with E-state index in [4.69, 9.17) is 27.4 Å². The average molecular weight is 880 g/mol. The van der Waals surface area contributed by atoms with E-state index in [9.17, 15) is 19.0 Å². The summed E-state index contributed by atoms with van der Waals surface area (Å²) < 4.78 is 45.7. The molecular weight excluding hydrogens is 794 g/mol. The lowest BCUT2D eigenvalue weighted by atomic mass is 10.0. The molecule has 2 N–H and O–H groups in total. The average Bonchev–Trinajstić information content (AvgIpc) is 3.72. The van der Waals surface area contributed by atoms with Gasteiger partial charge in [-0.15, -0.1) is 0 Å². The third kappa shape index (κ3) is 26.1. The minimum atomic E-state index is -4.37. The Kier molecular flexibility index (Phi) is 30.5. The molecule has 0 aliphatic rings. The number of furan rings is 2. The van der Waals surface area contributed by atoms with Crippen molar-refractivity contribution in [2.24, 2.45) is 0 Å². The smallest absolute Gasteiger partial charge is 0.466 e. The van der Waals surface area contributed by atoms with Crippen LogP contribution < -0.4 is 5.32 Å². The van der Waals surface area contributed by atoms with Crippen molar-refractivity contribution >= 4 is 19.8 Å². The lowest BCUT2D eigenvalue weighted by molar-refractivity contribution is -0.161. The van der Waals surface area contributed by atoms with E-state index in [0.29, 0.717) is 19.4 Å². The van der Waals surface area contributed by atoms with Gasteiger partial charge >= 0.3 is 19.8 Å². The van der Waals surface area contributed by atoms with Crippen molar-refractivity contribution < 1.29 is 46.4 Å². The summed E-state index contributed by atoms with van der Waals surface area (Å²) in [6.45, 7) is 10.6. The van der Waals surface area contributed by atoms with Gasteiger partial charge in [0.15, 0.2) is 6.10 Å². The van der Waals surface area contributed by atoms with Crippen molar-refractivity contribution in [3.8, 4) is 0 Å². The molecule has 0 aromatic carbocycles. The zero-order valence-corrected chi connectivity index (χ0v) is 40.2. The number of aryl methyl sites for hydroxylation is 5. The van der Waals surface area contributed by atoms with E-state index in [-0.39, 0.29) is 26.1 Å². The molecule has 0 radical (unpaired) electrons. The van der Waals surface area contributed by atoms with Crippen LogP contribution in [0.4, 0.5) is 0 Å². The van der Waals surface area contributed by atoms with Gasteiger partial charge in [0.1, 0.15) is 29.6 Å². The summed E-state index contributed by atoms with van der Waals surface area (Å²) in [5.41, 5.74) is 3.94. The van der Waals surface area contributed by atoms with Crippen LogP contribution in [0.3, 0.4) is 0 Å². The number of likely N-dealkylation sites (N-methyl/N-ethyl adjacent to an activating group) is 1. The number of hydrogen-bond donors (Lipinski definition) is 2. The fourth-order valence-electron chi connectivity index (χ4n) is 7.57. The molecule has 0 fully saturated rings. The molecule has 0 aliphatic heterocycles. The maximum atomic E-state index is 12.7. The predicted octanol–water partition coefficient (Wildman–Crippen LogP) is 12.9. The topological polar surface area (TPSA) is 147 Å². The molecule has 2 aromatic heterocycles. The first-order valence-corrected chi connectivity index (χ1v) is 25.8. The largest absolute Gasteiger partial charge is 0.472 e. The second-order valence-corrected chi connectivity index (χ2v) is 18.5. The van der Waals surface area contributed by atoms with Crippen LogP contribution in [0.5, 0.6) is 0 Å². The Morgan fingerprint density at radius 2 is 1.10 bits per heavy atom. The molecule has 2 rings (SSSR count). The maximum Gasteiger partial charge on any atom is 0.472 e. The third-order valence-electron chi connectivity index (χ3n) is 11.6. The zero-order valence-electron chi connectivity index (χ0n) is 39.4. The van der Waals surface area contributed by atoms with Gasteiger partial charge in [0, 0.05) is 45.1 Å². The zero-order chi connectivity index (χ0) is 44.6. The third-order valence-corrected chi connectivity index (χ3v) is 12.6. The SMILES string of the molecule is CCCCCc1cc(C)c(CCCCCCCCCCC(=O)O[C@H](COC(=O)CCCCCCCCCCc2oc(CCCCC)c(C)c2C)COP(=O)(O)OCCNC)o1. The van der Waals surface area contributed by atoms with Crippen LogP contribution in [0.25, 0.3) is 0 Å². The van der Waals surface area contributed by atoms with Gasteiger partial charge in [0.05, 0.1) is 13.2 Å².